The number of carbonyl (C=O) groups excluding carboxylic acids is 1. The van der Waals surface area contributed by atoms with Gasteiger partial charge in [0.2, 0.25) is 0 Å². The van der Waals surface area contributed by atoms with E-state index >= 15 is 0 Å². The molecule has 2 atom stereocenters. The lowest BCUT2D eigenvalue weighted by Crippen LogP contribution is -2.60. The third-order valence-electron chi connectivity index (χ3n) is 6.60. The van der Waals surface area contributed by atoms with Crippen LogP contribution in [0.5, 0.6) is 0 Å². The number of thioether (sulfide) groups is 1. The van der Waals surface area contributed by atoms with Crippen molar-refractivity contribution in [1.29, 1.82) is 0 Å². The van der Waals surface area contributed by atoms with E-state index in [1.807, 2.05) is 24.3 Å². The molecule has 0 saturated carbocycles. The molecule has 3 heterocycles. The molecule has 2 aliphatic rings. The number of halogens is 4. The Labute approximate surface area is 202 Å². The SMILES string of the molecule is Cc1c2n(ccc1=O)N([C@H]1c3ccccc3CSc3ccc(F)cc31)CN([C@H](C)C(F)(F)F)C2=O. The number of hydrogen-bond donors (Lipinski definition) is 0. The van der Waals surface area contributed by atoms with Gasteiger partial charge in [0.1, 0.15) is 24.2 Å². The van der Waals surface area contributed by atoms with Gasteiger partial charge < -0.3 is 4.90 Å². The first kappa shape index (κ1) is 23.5. The number of fused-ring (bicyclic) bond motifs is 3. The molecule has 0 fully saturated rings. The van der Waals surface area contributed by atoms with E-state index in [2.05, 4.69) is 0 Å². The number of benzene rings is 2. The van der Waals surface area contributed by atoms with Gasteiger partial charge in [-0.25, -0.2) is 4.39 Å². The second kappa shape index (κ2) is 8.44. The number of hydrogen-bond acceptors (Lipinski definition) is 4. The van der Waals surface area contributed by atoms with Crippen molar-refractivity contribution in [3.05, 3.63) is 98.7 Å². The summed E-state index contributed by atoms with van der Waals surface area (Å²) in [6, 6.07) is 10.4. The first-order valence-corrected chi connectivity index (χ1v) is 11.9. The molecule has 182 valence electrons. The normalized spacial score (nSPS) is 18.5. The van der Waals surface area contributed by atoms with Gasteiger partial charge in [-0.2, -0.15) is 13.2 Å². The van der Waals surface area contributed by atoms with Gasteiger partial charge in [0, 0.05) is 28.5 Å². The molecule has 5 nitrogen and oxygen atoms in total. The van der Waals surface area contributed by atoms with Crippen LogP contribution in [0.3, 0.4) is 0 Å². The van der Waals surface area contributed by atoms with Crippen molar-refractivity contribution in [2.45, 2.75) is 42.8 Å². The van der Waals surface area contributed by atoms with Gasteiger partial charge in [-0.05, 0) is 48.7 Å². The molecule has 35 heavy (non-hydrogen) atoms. The van der Waals surface area contributed by atoms with Gasteiger partial charge in [-0.1, -0.05) is 24.3 Å². The summed E-state index contributed by atoms with van der Waals surface area (Å²) in [7, 11) is 0. The molecule has 0 saturated heterocycles. The zero-order valence-corrected chi connectivity index (χ0v) is 19.7. The van der Waals surface area contributed by atoms with Gasteiger partial charge in [0.25, 0.3) is 5.91 Å². The smallest absolute Gasteiger partial charge is 0.306 e. The zero-order chi connectivity index (χ0) is 25.1. The number of aromatic nitrogens is 1. The van der Waals surface area contributed by atoms with Gasteiger partial charge >= 0.3 is 6.18 Å². The minimum Gasteiger partial charge on any atom is -0.306 e. The molecule has 1 aromatic heterocycles. The Hall–Kier alpha value is -3.27. The molecular weight excluding hydrogens is 482 g/mol. The first-order valence-electron chi connectivity index (χ1n) is 10.9. The Kier molecular flexibility index (Phi) is 5.66. The predicted molar refractivity (Wildman–Crippen MR) is 124 cm³/mol. The summed E-state index contributed by atoms with van der Waals surface area (Å²) >= 11 is 1.51. The van der Waals surface area contributed by atoms with Crippen molar-refractivity contribution in [3.8, 4) is 0 Å². The molecule has 2 aliphatic heterocycles. The van der Waals surface area contributed by atoms with Crippen molar-refractivity contribution in [2.75, 3.05) is 11.7 Å². The monoisotopic (exact) mass is 503 g/mol. The highest BCUT2D eigenvalue weighted by molar-refractivity contribution is 7.98. The van der Waals surface area contributed by atoms with Crippen LogP contribution >= 0.6 is 11.8 Å². The van der Waals surface area contributed by atoms with E-state index < -0.39 is 42.1 Å². The fourth-order valence-electron chi connectivity index (χ4n) is 4.65. The Morgan fingerprint density at radius 3 is 2.54 bits per heavy atom. The highest BCUT2D eigenvalue weighted by Crippen LogP contribution is 2.43. The van der Waals surface area contributed by atoms with Crippen LogP contribution in [0, 0.1) is 12.7 Å². The Morgan fingerprint density at radius 1 is 1.06 bits per heavy atom. The number of nitrogens with zero attached hydrogens (tertiary/aromatic N) is 3. The first-order chi connectivity index (χ1) is 16.6. The quantitative estimate of drug-likeness (QED) is 0.462. The molecule has 5 rings (SSSR count). The van der Waals surface area contributed by atoms with E-state index in [1.54, 1.807) is 11.1 Å². The van der Waals surface area contributed by atoms with E-state index in [0.717, 1.165) is 27.8 Å². The molecular formula is C25H21F4N3O2S. The molecule has 1 amide bonds. The molecule has 0 aliphatic carbocycles. The second-order valence-corrected chi connectivity index (χ2v) is 9.66. The van der Waals surface area contributed by atoms with Crippen LogP contribution in [0.15, 0.2) is 64.4 Å². The maximum atomic E-state index is 14.5. The van der Waals surface area contributed by atoms with E-state index in [0.29, 0.717) is 11.3 Å². The molecule has 10 heteroatoms. The lowest BCUT2D eigenvalue weighted by Gasteiger charge is -2.46. The van der Waals surface area contributed by atoms with Crippen LogP contribution in [-0.4, -0.2) is 34.4 Å². The summed E-state index contributed by atoms with van der Waals surface area (Å²) in [6.45, 7) is 1.94. The summed E-state index contributed by atoms with van der Waals surface area (Å²) < 4.78 is 57.3. The van der Waals surface area contributed by atoms with E-state index in [1.165, 1.54) is 47.8 Å². The van der Waals surface area contributed by atoms with Gasteiger partial charge in [-0.3, -0.25) is 19.3 Å². The largest absolute Gasteiger partial charge is 0.408 e. The third kappa shape index (κ3) is 3.89. The highest BCUT2D eigenvalue weighted by Gasteiger charge is 2.47. The summed E-state index contributed by atoms with van der Waals surface area (Å²) in [5, 5.41) is 1.61. The lowest BCUT2D eigenvalue weighted by molar-refractivity contribution is -0.173. The maximum Gasteiger partial charge on any atom is 0.408 e. The van der Waals surface area contributed by atoms with Crippen LogP contribution in [0.25, 0.3) is 0 Å². The second-order valence-electron chi connectivity index (χ2n) is 8.64. The zero-order valence-electron chi connectivity index (χ0n) is 18.8. The maximum absolute atomic E-state index is 14.5. The molecule has 3 aromatic rings. The van der Waals surface area contributed by atoms with Gasteiger partial charge in [0.15, 0.2) is 5.43 Å². The van der Waals surface area contributed by atoms with Crippen molar-refractivity contribution in [3.63, 3.8) is 0 Å². The fraction of sp³-hybridized carbons (Fsp3) is 0.280. The number of amides is 1. The highest BCUT2D eigenvalue weighted by atomic mass is 32.2. The van der Waals surface area contributed by atoms with E-state index in [-0.39, 0.29) is 11.3 Å². The molecule has 0 N–H and O–H groups in total. The standard InChI is InChI=1S/C25H21F4N3O2S/c1-14-20(33)9-10-31-22(14)24(34)30(15(2)25(27,28)29)13-32(31)23-18-6-4-3-5-16(18)12-35-21-8-7-17(26)11-19(21)23/h3-11,15,23H,12-13H2,1-2H3/t15-,23+/m1/s1. The topological polar surface area (TPSA) is 45.6 Å². The minimum atomic E-state index is -4.67. The van der Waals surface area contributed by atoms with Gasteiger partial charge in [-0.15, -0.1) is 11.8 Å². The van der Waals surface area contributed by atoms with Crippen molar-refractivity contribution >= 4 is 17.7 Å². The average molecular weight is 504 g/mol. The molecule has 0 bridgehead atoms. The number of carbonyl (C=O) groups is 1. The molecule has 0 radical (unpaired) electrons. The molecule has 2 aromatic carbocycles. The van der Waals surface area contributed by atoms with Crippen molar-refractivity contribution < 1.29 is 22.4 Å². The number of rotatable bonds is 2. The summed E-state index contributed by atoms with van der Waals surface area (Å²) in [5.74, 6) is -0.757. The van der Waals surface area contributed by atoms with Crippen molar-refractivity contribution in [2.24, 2.45) is 0 Å². The average Bonchev–Trinajstić information content (AvgIpc) is 2.97. The summed E-state index contributed by atoms with van der Waals surface area (Å²) in [6.07, 6.45) is -3.27. The minimum absolute atomic E-state index is 0.0531. The summed E-state index contributed by atoms with van der Waals surface area (Å²) in [4.78, 5) is 27.2. The Morgan fingerprint density at radius 2 is 1.80 bits per heavy atom. The van der Waals surface area contributed by atoms with Crippen LogP contribution in [0.1, 0.15) is 45.7 Å². The van der Waals surface area contributed by atoms with Crippen LogP contribution in [0.2, 0.25) is 0 Å². The summed E-state index contributed by atoms with van der Waals surface area (Å²) in [5.41, 5.74) is 1.79. The third-order valence-corrected chi connectivity index (χ3v) is 7.74. The van der Waals surface area contributed by atoms with Crippen LogP contribution < -0.4 is 10.4 Å². The number of pyridine rings is 1. The van der Waals surface area contributed by atoms with Crippen molar-refractivity contribution in [1.82, 2.24) is 9.58 Å². The number of alkyl halides is 3. The molecule has 0 unspecified atom stereocenters. The lowest BCUT2D eigenvalue weighted by atomic mass is 9.94. The molecule has 0 spiro atoms. The van der Waals surface area contributed by atoms with Crippen LogP contribution in [0.4, 0.5) is 17.6 Å². The van der Waals surface area contributed by atoms with E-state index in [9.17, 15) is 27.2 Å². The fourth-order valence-corrected chi connectivity index (χ4v) is 5.72. The Bertz CT molecular complexity index is 1390. The predicted octanol–water partition coefficient (Wildman–Crippen LogP) is 4.99. The van der Waals surface area contributed by atoms with E-state index in [4.69, 9.17) is 0 Å². The Balaban J connectivity index is 1.79. The van der Waals surface area contributed by atoms with Gasteiger partial charge in [0.05, 0.1) is 6.04 Å². The van der Waals surface area contributed by atoms with Crippen LogP contribution in [-0.2, 0) is 5.75 Å².